The normalized spacial score (nSPS) is 11.2. The van der Waals surface area contributed by atoms with Crippen LogP contribution in [0.1, 0.15) is 52.6 Å². The first kappa shape index (κ1) is 23.4. The maximum Gasteiger partial charge on any atom is 0.340 e. The molecule has 0 heterocycles. The van der Waals surface area contributed by atoms with Gasteiger partial charge in [-0.15, -0.1) is 0 Å². The van der Waals surface area contributed by atoms with Gasteiger partial charge in [0.05, 0.1) is 16.2 Å². The third-order valence-electron chi connectivity index (χ3n) is 4.52. The predicted octanol–water partition coefficient (Wildman–Crippen LogP) is 5.97. The monoisotopic (exact) mass is 444 g/mol. The number of esters is 1. The molecule has 0 saturated carbocycles. The zero-order valence-electron chi connectivity index (χ0n) is 18.6. The SMILES string of the molecule is CC(C)(C)OC(=O)c1ccc(C=Cc2ccc([N+](=O)[O-])cc2)cc1NC(=O)c1ccccc1. The molecule has 1 N–H and O–H groups in total. The fraction of sp³-hybridized carbons (Fsp3) is 0.154. The lowest BCUT2D eigenvalue weighted by Crippen LogP contribution is -2.25. The molecule has 0 aromatic heterocycles. The van der Waals surface area contributed by atoms with Crippen molar-refractivity contribution in [3.63, 3.8) is 0 Å². The lowest BCUT2D eigenvalue weighted by Gasteiger charge is -2.21. The van der Waals surface area contributed by atoms with Gasteiger partial charge < -0.3 is 10.1 Å². The topological polar surface area (TPSA) is 98.5 Å². The number of nitro benzene ring substituents is 1. The van der Waals surface area contributed by atoms with Crippen LogP contribution < -0.4 is 5.32 Å². The number of hydrogen-bond acceptors (Lipinski definition) is 5. The summed E-state index contributed by atoms with van der Waals surface area (Å²) in [5.74, 6) is -0.895. The lowest BCUT2D eigenvalue weighted by molar-refractivity contribution is -0.384. The molecule has 168 valence electrons. The van der Waals surface area contributed by atoms with Gasteiger partial charge in [0.1, 0.15) is 5.60 Å². The van der Waals surface area contributed by atoms with E-state index in [1.165, 1.54) is 12.1 Å². The fourth-order valence-corrected chi connectivity index (χ4v) is 2.96. The van der Waals surface area contributed by atoms with Gasteiger partial charge in [-0.2, -0.15) is 0 Å². The van der Waals surface area contributed by atoms with Gasteiger partial charge in [-0.1, -0.05) is 36.4 Å². The number of anilines is 1. The first-order valence-electron chi connectivity index (χ1n) is 10.3. The van der Waals surface area contributed by atoms with Crippen molar-refractivity contribution in [3.05, 3.63) is 105 Å². The summed E-state index contributed by atoms with van der Waals surface area (Å²) >= 11 is 0. The van der Waals surface area contributed by atoms with Gasteiger partial charge in [-0.25, -0.2) is 4.79 Å². The van der Waals surface area contributed by atoms with Crippen LogP contribution in [-0.2, 0) is 4.74 Å². The standard InChI is InChI=1S/C26H24N2O5/c1-26(2,3)33-25(30)22-16-13-19(10-9-18-11-14-21(15-12-18)28(31)32)17-23(22)27-24(29)20-7-5-4-6-8-20/h4-17H,1-3H3,(H,27,29). The maximum absolute atomic E-state index is 12.7. The summed E-state index contributed by atoms with van der Waals surface area (Å²) in [6, 6.07) is 19.8. The van der Waals surface area contributed by atoms with E-state index in [0.717, 1.165) is 11.1 Å². The highest BCUT2D eigenvalue weighted by molar-refractivity contribution is 6.08. The number of hydrogen-bond donors (Lipinski definition) is 1. The highest BCUT2D eigenvalue weighted by atomic mass is 16.6. The van der Waals surface area contributed by atoms with Crippen molar-refractivity contribution in [1.82, 2.24) is 0 Å². The molecule has 0 spiro atoms. The van der Waals surface area contributed by atoms with Crippen molar-refractivity contribution in [2.45, 2.75) is 26.4 Å². The Bertz CT molecular complexity index is 1190. The van der Waals surface area contributed by atoms with Crippen LogP contribution in [-0.4, -0.2) is 22.4 Å². The van der Waals surface area contributed by atoms with E-state index in [0.29, 0.717) is 11.3 Å². The van der Waals surface area contributed by atoms with Crippen molar-refractivity contribution >= 4 is 35.4 Å². The van der Waals surface area contributed by atoms with E-state index in [9.17, 15) is 19.7 Å². The number of ether oxygens (including phenoxy) is 1. The van der Waals surface area contributed by atoms with Crippen molar-refractivity contribution in [2.24, 2.45) is 0 Å². The molecule has 0 atom stereocenters. The molecule has 0 unspecified atom stereocenters. The molecule has 0 saturated heterocycles. The average Bonchev–Trinajstić information content (AvgIpc) is 2.77. The second-order valence-electron chi connectivity index (χ2n) is 8.31. The van der Waals surface area contributed by atoms with E-state index in [1.807, 2.05) is 6.07 Å². The number of nitrogens with zero attached hydrogens (tertiary/aromatic N) is 1. The van der Waals surface area contributed by atoms with E-state index in [4.69, 9.17) is 4.74 Å². The fourth-order valence-electron chi connectivity index (χ4n) is 2.96. The summed E-state index contributed by atoms with van der Waals surface area (Å²) in [4.78, 5) is 35.8. The molecule has 33 heavy (non-hydrogen) atoms. The maximum atomic E-state index is 12.7. The molecule has 3 aromatic carbocycles. The minimum Gasteiger partial charge on any atom is -0.456 e. The minimum atomic E-state index is -0.688. The van der Waals surface area contributed by atoms with Gasteiger partial charge in [0.2, 0.25) is 0 Å². The molecular weight excluding hydrogens is 420 g/mol. The lowest BCUT2D eigenvalue weighted by atomic mass is 10.1. The van der Waals surface area contributed by atoms with Gasteiger partial charge in [-0.3, -0.25) is 14.9 Å². The van der Waals surface area contributed by atoms with Crippen LogP contribution in [0.15, 0.2) is 72.8 Å². The number of nitro groups is 1. The summed E-state index contributed by atoms with van der Waals surface area (Å²) in [5.41, 5.74) is 1.84. The van der Waals surface area contributed by atoms with Crippen LogP contribution in [0.2, 0.25) is 0 Å². The van der Waals surface area contributed by atoms with Crippen molar-refractivity contribution in [1.29, 1.82) is 0 Å². The van der Waals surface area contributed by atoms with E-state index in [1.54, 1.807) is 87.5 Å². The first-order chi connectivity index (χ1) is 15.6. The third kappa shape index (κ3) is 6.61. The van der Waals surface area contributed by atoms with E-state index in [-0.39, 0.29) is 17.2 Å². The number of amides is 1. The Hall–Kier alpha value is -4.26. The summed E-state index contributed by atoms with van der Waals surface area (Å²) in [6.07, 6.45) is 3.58. The van der Waals surface area contributed by atoms with Crippen LogP contribution in [0.3, 0.4) is 0 Å². The number of non-ortho nitro benzene ring substituents is 1. The van der Waals surface area contributed by atoms with E-state index < -0.39 is 16.5 Å². The Morgan fingerprint density at radius 1 is 0.909 bits per heavy atom. The van der Waals surface area contributed by atoms with Gasteiger partial charge in [0, 0.05) is 17.7 Å². The van der Waals surface area contributed by atoms with Gasteiger partial charge in [-0.05, 0) is 68.3 Å². The first-order valence-corrected chi connectivity index (χ1v) is 10.3. The predicted molar refractivity (Wildman–Crippen MR) is 128 cm³/mol. The van der Waals surface area contributed by atoms with E-state index >= 15 is 0 Å². The van der Waals surface area contributed by atoms with Crippen LogP contribution in [0.25, 0.3) is 12.2 Å². The molecule has 3 aromatic rings. The third-order valence-corrected chi connectivity index (χ3v) is 4.52. The average molecular weight is 444 g/mol. The Morgan fingerprint density at radius 3 is 2.12 bits per heavy atom. The molecule has 0 aliphatic carbocycles. The zero-order chi connectivity index (χ0) is 24.0. The number of benzene rings is 3. The molecule has 0 radical (unpaired) electrons. The summed E-state index contributed by atoms with van der Waals surface area (Å²) in [5, 5.41) is 13.6. The molecule has 0 bridgehead atoms. The van der Waals surface area contributed by atoms with Crippen LogP contribution >= 0.6 is 0 Å². The number of carbonyl (C=O) groups excluding carboxylic acids is 2. The quantitative estimate of drug-likeness (QED) is 0.218. The molecule has 0 fully saturated rings. The Balaban J connectivity index is 1.91. The number of carbonyl (C=O) groups is 2. The number of rotatable bonds is 6. The minimum absolute atomic E-state index is 0.0137. The highest BCUT2D eigenvalue weighted by Crippen LogP contribution is 2.24. The number of nitrogens with one attached hydrogen (secondary N) is 1. The Morgan fingerprint density at radius 2 is 1.52 bits per heavy atom. The van der Waals surface area contributed by atoms with Crippen LogP contribution in [0, 0.1) is 10.1 Å². The van der Waals surface area contributed by atoms with Crippen molar-refractivity contribution in [3.8, 4) is 0 Å². The smallest absolute Gasteiger partial charge is 0.340 e. The molecule has 3 rings (SSSR count). The molecule has 0 aliphatic heterocycles. The van der Waals surface area contributed by atoms with Gasteiger partial charge in [0.25, 0.3) is 11.6 Å². The molecule has 0 aliphatic rings. The summed E-state index contributed by atoms with van der Waals surface area (Å²) < 4.78 is 5.49. The molecule has 1 amide bonds. The second-order valence-corrected chi connectivity index (χ2v) is 8.31. The molecule has 7 heteroatoms. The Kier molecular flexibility index (Phi) is 7.03. The van der Waals surface area contributed by atoms with Gasteiger partial charge >= 0.3 is 5.97 Å². The summed E-state index contributed by atoms with van der Waals surface area (Å²) in [6.45, 7) is 5.32. The molecule has 7 nitrogen and oxygen atoms in total. The van der Waals surface area contributed by atoms with Crippen molar-refractivity contribution < 1.29 is 19.2 Å². The van der Waals surface area contributed by atoms with Crippen LogP contribution in [0.5, 0.6) is 0 Å². The highest BCUT2D eigenvalue weighted by Gasteiger charge is 2.21. The van der Waals surface area contributed by atoms with Crippen molar-refractivity contribution in [2.75, 3.05) is 5.32 Å². The Labute approximate surface area is 191 Å². The molecular formula is C26H24N2O5. The zero-order valence-corrected chi connectivity index (χ0v) is 18.6. The summed E-state index contributed by atoms with van der Waals surface area (Å²) in [7, 11) is 0. The largest absolute Gasteiger partial charge is 0.456 e. The van der Waals surface area contributed by atoms with Gasteiger partial charge in [0.15, 0.2) is 0 Å². The second kappa shape index (κ2) is 9.91. The van der Waals surface area contributed by atoms with Crippen LogP contribution in [0.4, 0.5) is 11.4 Å². The van der Waals surface area contributed by atoms with E-state index in [2.05, 4.69) is 5.32 Å².